The van der Waals surface area contributed by atoms with E-state index in [-0.39, 0.29) is 11.7 Å². The van der Waals surface area contributed by atoms with Crippen molar-refractivity contribution < 1.29 is 14.6 Å². The number of esters is 1. The predicted molar refractivity (Wildman–Crippen MR) is 85.9 cm³/mol. The van der Waals surface area contributed by atoms with E-state index in [1.807, 2.05) is 6.07 Å². The molecule has 0 saturated carbocycles. The first-order chi connectivity index (χ1) is 9.60. The van der Waals surface area contributed by atoms with Crippen molar-refractivity contribution in [1.82, 2.24) is 0 Å². The van der Waals surface area contributed by atoms with Gasteiger partial charge in [0.25, 0.3) is 0 Å². The Balaban J connectivity index is 2.22. The van der Waals surface area contributed by atoms with Gasteiger partial charge in [-0.15, -0.1) is 0 Å². The predicted octanol–water partition coefficient (Wildman–Crippen LogP) is 3.53. The minimum Gasteiger partial charge on any atom is -0.507 e. The number of ether oxygens (including phenoxy) is 1. The molecule has 0 amide bonds. The van der Waals surface area contributed by atoms with Gasteiger partial charge in [0.05, 0.1) is 21.9 Å². The summed E-state index contributed by atoms with van der Waals surface area (Å²) in [6.45, 7) is 0. The van der Waals surface area contributed by atoms with Crippen LogP contribution < -0.4 is 0 Å². The molecule has 4 nitrogen and oxygen atoms in total. The van der Waals surface area contributed by atoms with Crippen molar-refractivity contribution >= 4 is 40.5 Å². The number of phenols is 1. The van der Waals surface area contributed by atoms with Crippen molar-refractivity contribution in [3.8, 4) is 5.75 Å². The number of nitrogens with zero attached hydrogens (tertiary/aromatic N) is 1. The molecule has 0 radical (unpaired) electrons. The van der Waals surface area contributed by atoms with Crippen LogP contribution in [0.4, 0.5) is 5.69 Å². The maximum absolute atomic E-state index is 11.4. The first-order valence-corrected chi connectivity index (χ1v) is 6.89. The Morgan fingerprint density at radius 1 is 1.30 bits per heavy atom. The molecule has 0 aliphatic rings. The number of carbonyl (C=O) groups excluding carboxylic acids is 1. The Morgan fingerprint density at radius 2 is 2.10 bits per heavy atom. The number of hydrogen-bond acceptors (Lipinski definition) is 4. The van der Waals surface area contributed by atoms with E-state index in [9.17, 15) is 9.90 Å². The highest BCUT2D eigenvalue weighted by molar-refractivity contribution is 14.1. The molecule has 0 heterocycles. The number of aromatic hydroxyl groups is 1. The molecule has 2 aromatic carbocycles. The van der Waals surface area contributed by atoms with Crippen molar-refractivity contribution in [2.75, 3.05) is 7.11 Å². The fraction of sp³-hybridized carbons (Fsp3) is 0.0667. The minimum atomic E-state index is -0.388. The monoisotopic (exact) mass is 381 g/mol. The summed E-state index contributed by atoms with van der Waals surface area (Å²) in [7, 11) is 1.34. The molecule has 1 N–H and O–H groups in total. The van der Waals surface area contributed by atoms with E-state index >= 15 is 0 Å². The molecule has 20 heavy (non-hydrogen) atoms. The molecule has 5 heteroatoms. The molecular formula is C15H12INO3. The molecule has 0 atom stereocenters. The number of rotatable bonds is 3. The molecule has 2 rings (SSSR count). The molecule has 2 aromatic rings. The summed E-state index contributed by atoms with van der Waals surface area (Å²) in [6, 6.07) is 12.1. The van der Waals surface area contributed by atoms with Crippen molar-refractivity contribution in [2.24, 2.45) is 4.99 Å². The van der Waals surface area contributed by atoms with Crippen molar-refractivity contribution in [3.05, 3.63) is 57.2 Å². The van der Waals surface area contributed by atoms with Crippen LogP contribution in [-0.2, 0) is 4.74 Å². The fourth-order valence-corrected chi connectivity index (χ4v) is 2.12. The van der Waals surface area contributed by atoms with Crippen LogP contribution in [0.15, 0.2) is 47.5 Å². The Kier molecular flexibility index (Phi) is 4.73. The van der Waals surface area contributed by atoms with Crippen molar-refractivity contribution in [2.45, 2.75) is 0 Å². The quantitative estimate of drug-likeness (QED) is 0.503. The summed E-state index contributed by atoms with van der Waals surface area (Å²) in [6.07, 6.45) is 1.68. The van der Waals surface area contributed by atoms with Gasteiger partial charge < -0.3 is 9.84 Å². The molecule has 0 spiro atoms. The summed E-state index contributed by atoms with van der Waals surface area (Å²) < 4.78 is 5.42. The summed E-state index contributed by atoms with van der Waals surface area (Å²) in [5.74, 6) is -0.142. The normalized spacial score (nSPS) is 10.7. The summed E-state index contributed by atoms with van der Waals surface area (Å²) >= 11 is 2.05. The lowest BCUT2D eigenvalue weighted by atomic mass is 10.2. The molecule has 0 unspecified atom stereocenters. The first kappa shape index (κ1) is 14.5. The van der Waals surface area contributed by atoms with Crippen LogP contribution in [-0.4, -0.2) is 24.4 Å². The van der Waals surface area contributed by atoms with Gasteiger partial charge in [0.15, 0.2) is 0 Å². The molecular weight excluding hydrogens is 369 g/mol. The van der Waals surface area contributed by atoms with E-state index < -0.39 is 0 Å². The lowest BCUT2D eigenvalue weighted by Crippen LogP contribution is -1.99. The minimum absolute atomic E-state index is 0.246. The number of halogens is 1. The van der Waals surface area contributed by atoms with Crippen LogP contribution in [0.3, 0.4) is 0 Å². The SMILES string of the molecule is COC(=O)c1cccc(N=Cc2ccc(O)c(I)c2)c1. The second kappa shape index (κ2) is 6.51. The lowest BCUT2D eigenvalue weighted by Gasteiger charge is -2.00. The Morgan fingerprint density at radius 3 is 2.80 bits per heavy atom. The molecule has 0 aliphatic carbocycles. The zero-order valence-corrected chi connectivity index (χ0v) is 12.9. The standard InChI is InChI=1S/C15H12INO3/c1-20-15(19)11-3-2-4-12(8-11)17-9-10-5-6-14(18)13(16)7-10/h2-9,18H,1H3. The lowest BCUT2D eigenvalue weighted by molar-refractivity contribution is 0.0601. The van der Waals surface area contributed by atoms with Gasteiger partial charge in [-0.1, -0.05) is 6.07 Å². The van der Waals surface area contributed by atoms with Crippen LogP contribution in [0, 0.1) is 3.57 Å². The number of phenolic OH excluding ortho intramolecular Hbond substituents is 1. The summed E-state index contributed by atoms with van der Waals surface area (Å²) in [5.41, 5.74) is 1.99. The smallest absolute Gasteiger partial charge is 0.337 e. The van der Waals surface area contributed by atoms with Crippen LogP contribution in [0.1, 0.15) is 15.9 Å². The molecule has 0 aliphatic heterocycles. The average molecular weight is 381 g/mol. The Bertz CT molecular complexity index is 668. The summed E-state index contributed by atoms with van der Waals surface area (Å²) in [4.78, 5) is 15.7. The topological polar surface area (TPSA) is 58.9 Å². The first-order valence-electron chi connectivity index (χ1n) is 5.81. The van der Waals surface area contributed by atoms with Gasteiger partial charge in [-0.3, -0.25) is 4.99 Å². The van der Waals surface area contributed by atoms with Gasteiger partial charge in [-0.05, 0) is 64.6 Å². The van der Waals surface area contributed by atoms with E-state index in [4.69, 9.17) is 0 Å². The van der Waals surface area contributed by atoms with Gasteiger partial charge in [0, 0.05) is 6.21 Å². The summed E-state index contributed by atoms with van der Waals surface area (Å²) in [5, 5.41) is 9.45. The molecule has 0 saturated heterocycles. The largest absolute Gasteiger partial charge is 0.507 e. The van der Waals surface area contributed by atoms with Crippen LogP contribution >= 0.6 is 22.6 Å². The molecule has 0 fully saturated rings. The van der Waals surface area contributed by atoms with Gasteiger partial charge in [0.1, 0.15) is 5.75 Å². The van der Waals surface area contributed by atoms with E-state index in [2.05, 4.69) is 32.3 Å². The van der Waals surface area contributed by atoms with E-state index in [1.165, 1.54) is 7.11 Å². The van der Waals surface area contributed by atoms with E-state index in [0.717, 1.165) is 9.13 Å². The van der Waals surface area contributed by atoms with Crippen molar-refractivity contribution in [1.29, 1.82) is 0 Å². The zero-order chi connectivity index (χ0) is 14.5. The second-order valence-corrected chi connectivity index (χ2v) is 5.17. The van der Waals surface area contributed by atoms with Crippen LogP contribution in [0.5, 0.6) is 5.75 Å². The molecule has 102 valence electrons. The number of methoxy groups -OCH3 is 1. The number of hydrogen-bond donors (Lipinski definition) is 1. The van der Waals surface area contributed by atoms with Crippen LogP contribution in [0.25, 0.3) is 0 Å². The maximum Gasteiger partial charge on any atom is 0.337 e. The number of aliphatic imine (C=N–C) groups is 1. The fourth-order valence-electron chi connectivity index (χ4n) is 1.58. The zero-order valence-electron chi connectivity index (χ0n) is 10.7. The third-order valence-electron chi connectivity index (χ3n) is 2.60. The van der Waals surface area contributed by atoms with Gasteiger partial charge in [0.2, 0.25) is 0 Å². The van der Waals surface area contributed by atoms with Crippen LogP contribution in [0.2, 0.25) is 0 Å². The van der Waals surface area contributed by atoms with Gasteiger partial charge >= 0.3 is 5.97 Å². The highest BCUT2D eigenvalue weighted by Crippen LogP contribution is 2.20. The Labute approximate surface area is 130 Å². The van der Waals surface area contributed by atoms with Crippen molar-refractivity contribution in [3.63, 3.8) is 0 Å². The maximum atomic E-state index is 11.4. The third kappa shape index (κ3) is 3.57. The highest BCUT2D eigenvalue weighted by Gasteiger charge is 2.04. The highest BCUT2D eigenvalue weighted by atomic mass is 127. The van der Waals surface area contributed by atoms with Gasteiger partial charge in [-0.2, -0.15) is 0 Å². The average Bonchev–Trinajstić information content (AvgIpc) is 2.48. The number of carbonyl (C=O) groups is 1. The third-order valence-corrected chi connectivity index (χ3v) is 3.47. The van der Waals surface area contributed by atoms with E-state index in [1.54, 1.807) is 42.6 Å². The van der Waals surface area contributed by atoms with Gasteiger partial charge in [-0.25, -0.2) is 4.79 Å². The Hall–Kier alpha value is -1.89. The molecule has 0 aromatic heterocycles. The molecule has 0 bridgehead atoms. The van der Waals surface area contributed by atoms with E-state index in [0.29, 0.717) is 11.3 Å². The second-order valence-electron chi connectivity index (χ2n) is 4.01. The number of benzene rings is 2.